The van der Waals surface area contributed by atoms with E-state index in [1.165, 1.54) is 148 Å². The van der Waals surface area contributed by atoms with Crippen molar-refractivity contribution >= 4 is 11.9 Å². The second kappa shape index (κ2) is 46.2. The molecule has 0 saturated heterocycles. The van der Waals surface area contributed by atoms with Gasteiger partial charge in [-0.3, -0.25) is 9.59 Å². The van der Waals surface area contributed by atoms with Gasteiger partial charge in [0.1, 0.15) is 6.61 Å². The van der Waals surface area contributed by atoms with Crippen molar-refractivity contribution in [2.75, 3.05) is 13.2 Å². The normalized spacial score (nSPS) is 12.6. The second-order valence-corrected chi connectivity index (χ2v) is 15.8. The van der Waals surface area contributed by atoms with E-state index in [1.807, 2.05) is 0 Å². The first-order valence-corrected chi connectivity index (χ1v) is 23.7. The Morgan fingerprint density at radius 2 is 0.782 bits per heavy atom. The molecule has 5 nitrogen and oxygen atoms in total. The molecular formula is C50H90O5. The van der Waals surface area contributed by atoms with Crippen molar-refractivity contribution in [1.29, 1.82) is 0 Å². The summed E-state index contributed by atoms with van der Waals surface area (Å²) in [5, 5.41) is 9.58. The molecule has 5 heteroatoms. The van der Waals surface area contributed by atoms with Crippen molar-refractivity contribution in [2.45, 2.75) is 245 Å². The van der Waals surface area contributed by atoms with Gasteiger partial charge in [0.2, 0.25) is 0 Å². The summed E-state index contributed by atoms with van der Waals surface area (Å²) in [7, 11) is 0. The van der Waals surface area contributed by atoms with Gasteiger partial charge in [0.25, 0.3) is 0 Å². The molecule has 0 aromatic heterocycles. The van der Waals surface area contributed by atoms with Gasteiger partial charge in [0.15, 0.2) is 6.10 Å². The number of unbranched alkanes of at least 4 members (excludes halogenated alkanes) is 27. The van der Waals surface area contributed by atoms with E-state index in [1.54, 1.807) is 0 Å². The van der Waals surface area contributed by atoms with E-state index in [4.69, 9.17) is 9.47 Å². The van der Waals surface area contributed by atoms with Crippen LogP contribution in [0.3, 0.4) is 0 Å². The molecule has 0 aliphatic carbocycles. The monoisotopic (exact) mass is 771 g/mol. The molecule has 0 aliphatic heterocycles. The zero-order valence-corrected chi connectivity index (χ0v) is 36.4. The third kappa shape index (κ3) is 44.4. The number of carbonyl (C=O) groups excluding carboxylic acids is 2. The minimum Gasteiger partial charge on any atom is -0.462 e. The van der Waals surface area contributed by atoms with Crippen LogP contribution in [0.2, 0.25) is 0 Å². The summed E-state index contributed by atoms with van der Waals surface area (Å²) in [5.74, 6) is -0.582. The van der Waals surface area contributed by atoms with Crippen LogP contribution in [0.4, 0.5) is 0 Å². The van der Waals surface area contributed by atoms with Gasteiger partial charge in [0.05, 0.1) is 6.61 Å². The fourth-order valence-corrected chi connectivity index (χ4v) is 6.84. The number of carbonyl (C=O) groups is 2. The molecule has 0 aromatic rings. The largest absolute Gasteiger partial charge is 0.462 e. The molecule has 0 radical (unpaired) electrons. The van der Waals surface area contributed by atoms with Crippen LogP contribution >= 0.6 is 0 Å². The summed E-state index contributed by atoms with van der Waals surface area (Å²) < 4.78 is 10.6. The van der Waals surface area contributed by atoms with Crippen LogP contribution in [-0.2, 0) is 19.1 Å². The fourth-order valence-electron chi connectivity index (χ4n) is 6.84. The molecule has 0 amide bonds. The van der Waals surface area contributed by atoms with Crippen LogP contribution in [0, 0.1) is 0 Å². The average molecular weight is 771 g/mol. The standard InChI is InChI=1S/C50H90O5/c1-3-5-7-9-11-13-15-17-18-19-20-21-22-23-24-25-26-27-28-29-30-31-32-33-35-37-39-41-43-45-50(53)55-48(46-51)47-54-49(52)44-42-40-38-36-34-16-14-12-10-8-6-4-2/h5,7,11,13,17-18,20-21,48,51H,3-4,6,8-10,12,14-16,19,22-47H2,1-2H3/b7-5-,13-11-,18-17-,21-20-. The van der Waals surface area contributed by atoms with E-state index in [-0.39, 0.29) is 25.2 Å². The van der Waals surface area contributed by atoms with E-state index in [0.717, 1.165) is 64.2 Å². The van der Waals surface area contributed by atoms with Crippen molar-refractivity contribution in [1.82, 2.24) is 0 Å². The highest BCUT2D eigenvalue weighted by Gasteiger charge is 2.16. The third-order valence-corrected chi connectivity index (χ3v) is 10.4. The van der Waals surface area contributed by atoms with Crippen molar-refractivity contribution in [3.05, 3.63) is 48.6 Å². The molecule has 1 atom stereocenters. The molecule has 1 N–H and O–H groups in total. The Morgan fingerprint density at radius 3 is 1.18 bits per heavy atom. The minimum absolute atomic E-state index is 0.0620. The van der Waals surface area contributed by atoms with E-state index in [9.17, 15) is 14.7 Å². The minimum atomic E-state index is -0.768. The Balaban J connectivity index is 3.45. The topological polar surface area (TPSA) is 72.8 Å². The molecule has 1 unspecified atom stereocenters. The Bertz CT molecular complexity index is 919. The van der Waals surface area contributed by atoms with Gasteiger partial charge in [0, 0.05) is 12.8 Å². The Kier molecular flexibility index (Phi) is 44.4. The first-order chi connectivity index (χ1) is 27.1. The average Bonchev–Trinajstić information content (AvgIpc) is 3.19. The molecule has 0 spiro atoms. The van der Waals surface area contributed by atoms with Crippen molar-refractivity contribution < 1.29 is 24.2 Å². The molecule has 0 bridgehead atoms. The lowest BCUT2D eigenvalue weighted by Crippen LogP contribution is -2.28. The number of allylic oxidation sites excluding steroid dienone is 8. The number of rotatable bonds is 43. The van der Waals surface area contributed by atoms with Gasteiger partial charge in [-0.05, 0) is 51.4 Å². The van der Waals surface area contributed by atoms with Crippen molar-refractivity contribution in [3.63, 3.8) is 0 Å². The van der Waals surface area contributed by atoms with Gasteiger partial charge in [-0.25, -0.2) is 0 Å². The Hall–Kier alpha value is -2.14. The van der Waals surface area contributed by atoms with Crippen LogP contribution < -0.4 is 0 Å². The molecule has 0 fully saturated rings. The molecule has 0 aliphatic rings. The lowest BCUT2D eigenvalue weighted by Gasteiger charge is -2.15. The van der Waals surface area contributed by atoms with Crippen LogP contribution in [0.1, 0.15) is 239 Å². The third-order valence-electron chi connectivity index (χ3n) is 10.4. The summed E-state index contributed by atoms with van der Waals surface area (Å²) >= 11 is 0. The molecule has 0 aromatic carbocycles. The second-order valence-electron chi connectivity index (χ2n) is 15.8. The fraction of sp³-hybridized carbons (Fsp3) is 0.800. The molecule has 0 rings (SSSR count). The van der Waals surface area contributed by atoms with Gasteiger partial charge in [-0.15, -0.1) is 0 Å². The number of esters is 2. The Morgan fingerprint density at radius 1 is 0.436 bits per heavy atom. The van der Waals surface area contributed by atoms with Gasteiger partial charge in [-0.2, -0.15) is 0 Å². The molecule has 0 saturated carbocycles. The van der Waals surface area contributed by atoms with E-state index < -0.39 is 6.10 Å². The highest BCUT2D eigenvalue weighted by molar-refractivity contribution is 5.70. The summed E-state index contributed by atoms with van der Waals surface area (Å²) in [6.45, 7) is 4.04. The van der Waals surface area contributed by atoms with E-state index in [0.29, 0.717) is 12.8 Å². The molecule has 320 valence electrons. The maximum absolute atomic E-state index is 12.2. The van der Waals surface area contributed by atoms with Crippen LogP contribution in [0.25, 0.3) is 0 Å². The number of hydrogen-bond donors (Lipinski definition) is 1. The quantitative estimate of drug-likeness (QED) is 0.0380. The summed E-state index contributed by atoms with van der Waals surface area (Å²) in [5.41, 5.74) is 0. The predicted molar refractivity (Wildman–Crippen MR) is 237 cm³/mol. The van der Waals surface area contributed by atoms with E-state index >= 15 is 0 Å². The molecular weight excluding hydrogens is 681 g/mol. The summed E-state index contributed by atoms with van der Waals surface area (Å²) in [4.78, 5) is 24.3. The van der Waals surface area contributed by atoms with Crippen LogP contribution in [0.15, 0.2) is 48.6 Å². The van der Waals surface area contributed by atoms with Crippen molar-refractivity contribution in [2.24, 2.45) is 0 Å². The van der Waals surface area contributed by atoms with Crippen LogP contribution in [-0.4, -0.2) is 36.4 Å². The highest BCUT2D eigenvalue weighted by Crippen LogP contribution is 2.16. The Labute approximate surface area is 341 Å². The zero-order valence-electron chi connectivity index (χ0n) is 36.4. The number of ether oxygens (including phenoxy) is 2. The smallest absolute Gasteiger partial charge is 0.306 e. The molecule has 0 heterocycles. The lowest BCUT2D eigenvalue weighted by atomic mass is 10.0. The van der Waals surface area contributed by atoms with Crippen molar-refractivity contribution in [3.8, 4) is 0 Å². The number of aliphatic hydroxyl groups excluding tert-OH is 1. The number of aliphatic hydroxyl groups is 1. The number of hydrogen-bond acceptors (Lipinski definition) is 5. The predicted octanol–water partition coefficient (Wildman–Crippen LogP) is 15.4. The first-order valence-electron chi connectivity index (χ1n) is 23.7. The first kappa shape index (κ1) is 52.9. The van der Waals surface area contributed by atoms with Gasteiger partial charge in [-0.1, -0.05) is 223 Å². The molecule has 55 heavy (non-hydrogen) atoms. The van der Waals surface area contributed by atoms with E-state index in [2.05, 4.69) is 62.5 Å². The SMILES string of the molecule is CC/C=C\C/C=C\C/C=C\C/C=C\CCCCCCCCCCCCCCCCCCC(=O)OC(CO)COC(=O)CCCCCCCCCCCCCC. The zero-order chi connectivity index (χ0) is 40.0. The lowest BCUT2D eigenvalue weighted by molar-refractivity contribution is -0.161. The summed E-state index contributed by atoms with van der Waals surface area (Å²) in [6.07, 6.45) is 59.2. The van der Waals surface area contributed by atoms with Gasteiger partial charge < -0.3 is 14.6 Å². The van der Waals surface area contributed by atoms with Crippen LogP contribution in [0.5, 0.6) is 0 Å². The maximum atomic E-state index is 12.2. The highest BCUT2D eigenvalue weighted by atomic mass is 16.6. The summed E-state index contributed by atoms with van der Waals surface area (Å²) in [6, 6.07) is 0. The van der Waals surface area contributed by atoms with Gasteiger partial charge >= 0.3 is 11.9 Å². The maximum Gasteiger partial charge on any atom is 0.306 e.